The molecule has 0 radical (unpaired) electrons. The SMILES string of the molecule is Cc1ccc(S(=O)(=O)c2c(C#N)cc(O)c(O)c2C#N)cc1. The molecular weight excluding hydrogens is 304 g/mol. The lowest BCUT2D eigenvalue weighted by atomic mass is 10.1. The number of nitrogens with zero attached hydrogens (tertiary/aromatic N) is 2. The highest BCUT2D eigenvalue weighted by Gasteiger charge is 2.29. The zero-order valence-electron chi connectivity index (χ0n) is 11.4. The van der Waals surface area contributed by atoms with Crippen LogP contribution in [0.2, 0.25) is 0 Å². The van der Waals surface area contributed by atoms with Crippen LogP contribution in [0.25, 0.3) is 0 Å². The van der Waals surface area contributed by atoms with Gasteiger partial charge in [-0.3, -0.25) is 0 Å². The number of aromatic hydroxyl groups is 2. The summed E-state index contributed by atoms with van der Waals surface area (Å²) < 4.78 is 25.3. The van der Waals surface area contributed by atoms with Crippen LogP contribution in [0, 0.1) is 29.6 Å². The maximum absolute atomic E-state index is 12.7. The Labute approximate surface area is 127 Å². The van der Waals surface area contributed by atoms with Crippen LogP contribution in [-0.4, -0.2) is 18.6 Å². The topological polar surface area (TPSA) is 122 Å². The molecule has 2 rings (SSSR count). The van der Waals surface area contributed by atoms with Crippen molar-refractivity contribution in [1.82, 2.24) is 0 Å². The van der Waals surface area contributed by atoms with Gasteiger partial charge in [0.05, 0.1) is 10.5 Å². The lowest BCUT2D eigenvalue weighted by Crippen LogP contribution is -2.07. The zero-order chi connectivity index (χ0) is 16.5. The Morgan fingerprint density at radius 2 is 1.64 bits per heavy atom. The van der Waals surface area contributed by atoms with Gasteiger partial charge in [-0.05, 0) is 19.1 Å². The Bertz CT molecular complexity index is 933. The third-order valence-electron chi connectivity index (χ3n) is 3.06. The van der Waals surface area contributed by atoms with Gasteiger partial charge in [-0.25, -0.2) is 8.42 Å². The lowest BCUT2D eigenvalue weighted by Gasteiger charge is -2.11. The Morgan fingerprint density at radius 1 is 1.05 bits per heavy atom. The molecule has 7 heteroatoms. The van der Waals surface area contributed by atoms with E-state index in [0.717, 1.165) is 11.6 Å². The van der Waals surface area contributed by atoms with Gasteiger partial charge in [0.1, 0.15) is 22.6 Å². The molecule has 0 aromatic heterocycles. The summed E-state index contributed by atoms with van der Waals surface area (Å²) in [7, 11) is -4.20. The molecule has 2 aromatic rings. The first-order valence-corrected chi connectivity index (χ1v) is 7.52. The minimum Gasteiger partial charge on any atom is -0.504 e. The van der Waals surface area contributed by atoms with Crippen molar-refractivity contribution in [3.8, 4) is 23.6 Å². The van der Waals surface area contributed by atoms with Crippen LogP contribution in [0.1, 0.15) is 16.7 Å². The van der Waals surface area contributed by atoms with Crippen molar-refractivity contribution in [1.29, 1.82) is 10.5 Å². The number of phenols is 2. The molecule has 0 amide bonds. The summed E-state index contributed by atoms with van der Waals surface area (Å²) in [5.74, 6) is -1.59. The summed E-state index contributed by atoms with van der Waals surface area (Å²) in [4.78, 5) is -0.729. The molecule has 0 spiro atoms. The number of hydrogen-bond acceptors (Lipinski definition) is 6. The largest absolute Gasteiger partial charge is 0.504 e. The minimum absolute atomic E-state index is 0.115. The molecule has 0 heterocycles. The van der Waals surface area contributed by atoms with Crippen molar-refractivity contribution < 1.29 is 18.6 Å². The van der Waals surface area contributed by atoms with Crippen molar-refractivity contribution in [2.75, 3.05) is 0 Å². The molecule has 2 N–H and O–H groups in total. The molecule has 0 atom stereocenters. The van der Waals surface area contributed by atoms with E-state index in [-0.39, 0.29) is 4.90 Å². The molecule has 110 valence electrons. The Balaban J connectivity index is 2.88. The van der Waals surface area contributed by atoms with Gasteiger partial charge in [0.2, 0.25) is 9.84 Å². The van der Waals surface area contributed by atoms with Crippen LogP contribution in [0.3, 0.4) is 0 Å². The molecule has 0 unspecified atom stereocenters. The number of sulfone groups is 1. The van der Waals surface area contributed by atoms with E-state index in [0.29, 0.717) is 0 Å². The number of rotatable bonds is 2. The maximum atomic E-state index is 12.7. The van der Waals surface area contributed by atoms with Gasteiger partial charge in [0, 0.05) is 6.07 Å². The molecule has 22 heavy (non-hydrogen) atoms. The molecule has 0 aliphatic rings. The van der Waals surface area contributed by atoms with Crippen LogP contribution in [0.15, 0.2) is 40.1 Å². The molecule has 0 aliphatic carbocycles. The van der Waals surface area contributed by atoms with Crippen LogP contribution >= 0.6 is 0 Å². The predicted molar refractivity (Wildman–Crippen MR) is 75.8 cm³/mol. The highest BCUT2D eigenvalue weighted by Crippen LogP contribution is 2.38. The number of phenolic OH excluding ortho intramolecular Hbond substituents is 2. The van der Waals surface area contributed by atoms with Gasteiger partial charge in [-0.15, -0.1) is 0 Å². The summed E-state index contributed by atoms with van der Waals surface area (Å²) in [6.07, 6.45) is 0. The molecule has 0 saturated heterocycles. The minimum atomic E-state index is -4.20. The molecular formula is C15H10N2O4S. The smallest absolute Gasteiger partial charge is 0.209 e. The van der Waals surface area contributed by atoms with E-state index in [4.69, 9.17) is 10.5 Å². The fraction of sp³-hybridized carbons (Fsp3) is 0.0667. The lowest BCUT2D eigenvalue weighted by molar-refractivity contribution is 0.400. The predicted octanol–water partition coefficient (Wildman–Crippen LogP) is 1.98. The third-order valence-corrected chi connectivity index (χ3v) is 4.92. The van der Waals surface area contributed by atoms with Crippen molar-refractivity contribution in [2.24, 2.45) is 0 Å². The van der Waals surface area contributed by atoms with Crippen LogP contribution in [-0.2, 0) is 9.84 Å². The van der Waals surface area contributed by atoms with Gasteiger partial charge in [0.25, 0.3) is 0 Å². The number of hydrogen-bond donors (Lipinski definition) is 2. The fourth-order valence-electron chi connectivity index (χ4n) is 1.94. The molecule has 0 saturated carbocycles. The van der Waals surface area contributed by atoms with E-state index in [1.165, 1.54) is 18.2 Å². The molecule has 2 aromatic carbocycles. The van der Waals surface area contributed by atoms with Crippen LogP contribution in [0.5, 0.6) is 11.5 Å². The van der Waals surface area contributed by atoms with E-state index in [2.05, 4.69) is 0 Å². The average molecular weight is 314 g/mol. The zero-order valence-corrected chi connectivity index (χ0v) is 12.2. The van der Waals surface area contributed by atoms with E-state index in [1.54, 1.807) is 25.1 Å². The summed E-state index contributed by atoms with van der Waals surface area (Å²) >= 11 is 0. The normalized spacial score (nSPS) is 10.7. The second kappa shape index (κ2) is 5.40. The van der Waals surface area contributed by atoms with E-state index in [1.807, 2.05) is 0 Å². The van der Waals surface area contributed by atoms with E-state index >= 15 is 0 Å². The first-order chi connectivity index (χ1) is 10.3. The fourth-order valence-corrected chi connectivity index (χ4v) is 3.48. The first kappa shape index (κ1) is 15.4. The van der Waals surface area contributed by atoms with Gasteiger partial charge >= 0.3 is 0 Å². The number of benzene rings is 2. The van der Waals surface area contributed by atoms with Crippen molar-refractivity contribution in [2.45, 2.75) is 16.7 Å². The van der Waals surface area contributed by atoms with Crippen molar-refractivity contribution in [3.63, 3.8) is 0 Å². The van der Waals surface area contributed by atoms with Gasteiger partial charge < -0.3 is 10.2 Å². The molecule has 0 bridgehead atoms. The molecule has 0 fully saturated rings. The van der Waals surface area contributed by atoms with Crippen LogP contribution < -0.4 is 0 Å². The number of aryl methyl sites for hydroxylation is 1. The van der Waals surface area contributed by atoms with Gasteiger partial charge in [-0.1, -0.05) is 17.7 Å². The van der Waals surface area contributed by atoms with Crippen LogP contribution in [0.4, 0.5) is 0 Å². The highest BCUT2D eigenvalue weighted by molar-refractivity contribution is 7.91. The summed E-state index contributed by atoms with van der Waals surface area (Å²) in [6, 6.07) is 9.80. The second-order valence-electron chi connectivity index (χ2n) is 4.54. The summed E-state index contributed by atoms with van der Waals surface area (Å²) in [6.45, 7) is 1.78. The first-order valence-electron chi connectivity index (χ1n) is 6.03. The van der Waals surface area contributed by atoms with E-state index < -0.39 is 37.4 Å². The Morgan fingerprint density at radius 3 is 2.14 bits per heavy atom. The Kier molecular flexibility index (Phi) is 3.77. The second-order valence-corrected chi connectivity index (χ2v) is 6.42. The standard InChI is InChI=1S/C15H10N2O4S/c1-9-2-4-11(5-3-9)22(20,21)15-10(7-16)6-13(18)14(19)12(15)8-17/h2-6,18-19H,1H3. The van der Waals surface area contributed by atoms with E-state index in [9.17, 15) is 18.6 Å². The van der Waals surface area contributed by atoms with Crippen molar-refractivity contribution >= 4 is 9.84 Å². The Hall–Kier alpha value is -3.03. The quantitative estimate of drug-likeness (QED) is 0.817. The monoisotopic (exact) mass is 314 g/mol. The van der Waals surface area contributed by atoms with Gasteiger partial charge in [-0.2, -0.15) is 10.5 Å². The highest BCUT2D eigenvalue weighted by atomic mass is 32.2. The summed E-state index contributed by atoms with van der Waals surface area (Å²) in [5.41, 5.74) is -0.224. The average Bonchev–Trinajstić information content (AvgIpc) is 2.49. The molecule has 0 aliphatic heterocycles. The van der Waals surface area contributed by atoms with Crippen molar-refractivity contribution in [3.05, 3.63) is 47.0 Å². The van der Waals surface area contributed by atoms with Gasteiger partial charge in [0.15, 0.2) is 11.5 Å². The molecule has 6 nitrogen and oxygen atoms in total. The maximum Gasteiger partial charge on any atom is 0.209 e. The third kappa shape index (κ3) is 2.34. The summed E-state index contributed by atoms with van der Waals surface area (Å²) in [5, 5.41) is 37.4. The number of nitriles is 2.